The third-order valence-corrected chi connectivity index (χ3v) is 7.30. The van der Waals surface area contributed by atoms with E-state index in [0.29, 0.717) is 0 Å². The van der Waals surface area contributed by atoms with E-state index in [1.165, 1.54) is 11.3 Å². The van der Waals surface area contributed by atoms with E-state index in [4.69, 9.17) is 4.74 Å². The fraction of sp³-hybridized carbons (Fsp3) is 0.308. The number of nitrogens with one attached hydrogen (secondary N) is 2. The predicted molar refractivity (Wildman–Crippen MR) is 130 cm³/mol. The lowest BCUT2D eigenvalue weighted by Gasteiger charge is -2.21. The van der Waals surface area contributed by atoms with Gasteiger partial charge in [0.2, 0.25) is 5.91 Å². The molecule has 0 aliphatic heterocycles. The van der Waals surface area contributed by atoms with Crippen LogP contribution in [-0.4, -0.2) is 46.8 Å². The maximum absolute atomic E-state index is 13.0. The van der Waals surface area contributed by atoms with Gasteiger partial charge in [0.1, 0.15) is 18.7 Å². The molecular formula is C26H25N3O5S. The number of aromatic nitrogens is 1. The zero-order valence-electron chi connectivity index (χ0n) is 18.8. The van der Waals surface area contributed by atoms with Crippen molar-refractivity contribution in [2.45, 2.75) is 37.3 Å². The van der Waals surface area contributed by atoms with E-state index >= 15 is 0 Å². The van der Waals surface area contributed by atoms with E-state index < -0.39 is 30.1 Å². The first kappa shape index (κ1) is 23.0. The Hall–Kier alpha value is -3.72. The molecule has 9 heteroatoms. The van der Waals surface area contributed by atoms with Gasteiger partial charge in [0.05, 0.1) is 5.51 Å². The lowest BCUT2D eigenvalue weighted by Crippen LogP contribution is -2.53. The van der Waals surface area contributed by atoms with E-state index in [9.17, 15) is 19.5 Å². The van der Waals surface area contributed by atoms with Gasteiger partial charge in [0, 0.05) is 23.4 Å². The molecule has 35 heavy (non-hydrogen) atoms. The van der Waals surface area contributed by atoms with Gasteiger partial charge in [-0.15, -0.1) is 11.3 Å². The lowest BCUT2D eigenvalue weighted by atomic mass is 9.98. The van der Waals surface area contributed by atoms with E-state index in [1.54, 1.807) is 11.7 Å². The number of ether oxygens (including phenoxy) is 1. The second-order valence-electron chi connectivity index (χ2n) is 8.86. The summed E-state index contributed by atoms with van der Waals surface area (Å²) in [5, 5.41) is 14.7. The summed E-state index contributed by atoms with van der Waals surface area (Å²) in [5.41, 5.74) is 6.07. The van der Waals surface area contributed by atoms with Crippen LogP contribution in [0.2, 0.25) is 0 Å². The number of aliphatic carboxylic acids is 1. The van der Waals surface area contributed by atoms with Crippen molar-refractivity contribution in [3.8, 4) is 11.1 Å². The second kappa shape index (κ2) is 9.87. The summed E-state index contributed by atoms with van der Waals surface area (Å²) in [6, 6.07) is 14.1. The molecule has 0 radical (unpaired) electrons. The molecule has 0 spiro atoms. The normalized spacial score (nSPS) is 16.0. The average molecular weight is 492 g/mol. The highest BCUT2D eigenvalue weighted by Gasteiger charge is 2.39. The number of amides is 2. The van der Waals surface area contributed by atoms with Gasteiger partial charge in [-0.25, -0.2) is 9.59 Å². The minimum atomic E-state index is -1.07. The summed E-state index contributed by atoms with van der Waals surface area (Å²) in [4.78, 5) is 42.2. The molecule has 1 saturated carbocycles. The number of alkyl carbamates (subject to hydrolysis) is 1. The first-order valence-corrected chi connectivity index (χ1v) is 12.4. The second-order valence-corrected chi connectivity index (χ2v) is 9.83. The maximum atomic E-state index is 13.0. The van der Waals surface area contributed by atoms with Gasteiger partial charge in [0.25, 0.3) is 0 Å². The Labute approximate surface area is 206 Å². The number of hydrogen-bond donors (Lipinski definition) is 3. The van der Waals surface area contributed by atoms with Gasteiger partial charge in [-0.2, -0.15) is 0 Å². The summed E-state index contributed by atoms with van der Waals surface area (Å²) >= 11 is 1.36. The van der Waals surface area contributed by atoms with E-state index in [-0.39, 0.29) is 24.9 Å². The number of hydrogen-bond acceptors (Lipinski definition) is 6. The Morgan fingerprint density at radius 3 is 2.26 bits per heavy atom. The molecular weight excluding hydrogens is 466 g/mol. The van der Waals surface area contributed by atoms with Crippen LogP contribution in [0.15, 0.2) is 60.2 Å². The maximum Gasteiger partial charge on any atom is 0.407 e. The zero-order valence-corrected chi connectivity index (χ0v) is 19.7. The lowest BCUT2D eigenvalue weighted by molar-refractivity contribution is -0.142. The summed E-state index contributed by atoms with van der Waals surface area (Å²) < 4.78 is 5.59. The summed E-state index contributed by atoms with van der Waals surface area (Å²) in [6.45, 7) is 0.120. The van der Waals surface area contributed by atoms with Crippen LogP contribution >= 0.6 is 11.3 Å². The number of fused-ring (bicyclic) bond motifs is 3. The number of thiazole rings is 1. The summed E-state index contributed by atoms with van der Waals surface area (Å²) in [6.07, 6.45) is 2.61. The zero-order chi connectivity index (χ0) is 24.4. The van der Waals surface area contributed by atoms with E-state index in [1.807, 2.05) is 36.4 Å². The van der Waals surface area contributed by atoms with Gasteiger partial charge >= 0.3 is 12.1 Å². The molecule has 5 rings (SSSR count). The number of carbonyl (C=O) groups is 3. The average Bonchev–Trinajstić information content (AvgIpc) is 3.47. The Bertz CT molecular complexity index is 1200. The molecule has 2 aliphatic rings. The fourth-order valence-electron chi connectivity index (χ4n) is 4.60. The SMILES string of the molecule is O=C(NC(Cc1cncs1)C(=O)NC(C(=O)O)C1CC1)OCC1c2ccccc2-c2ccccc21. The Balaban J connectivity index is 1.27. The fourth-order valence-corrected chi connectivity index (χ4v) is 5.24. The summed E-state index contributed by atoms with van der Waals surface area (Å²) in [7, 11) is 0. The molecule has 2 unspecified atom stereocenters. The molecule has 2 aliphatic carbocycles. The Kier molecular flexibility index (Phi) is 6.50. The standard InChI is InChI=1S/C26H25N3O5S/c30-24(29-23(25(31)32)15-9-10-15)22(11-16-12-27-14-35-16)28-26(33)34-13-21-19-7-3-1-5-17(19)18-6-2-4-8-20(18)21/h1-8,12,14-15,21-23H,9-11,13H2,(H,28,33)(H,29,30)(H,31,32). The highest BCUT2D eigenvalue weighted by atomic mass is 32.1. The number of carboxylic acid groups (broad SMARTS) is 1. The quantitative estimate of drug-likeness (QED) is 0.421. The van der Waals surface area contributed by atoms with Gasteiger partial charge in [-0.3, -0.25) is 9.78 Å². The minimum absolute atomic E-state index is 0.0741. The van der Waals surface area contributed by atoms with Crippen LogP contribution in [0.1, 0.15) is 34.8 Å². The van der Waals surface area contributed by atoms with Crippen LogP contribution in [0.4, 0.5) is 4.79 Å². The highest BCUT2D eigenvalue weighted by molar-refractivity contribution is 7.09. The van der Waals surface area contributed by atoms with Gasteiger partial charge < -0.3 is 20.5 Å². The monoisotopic (exact) mass is 491 g/mol. The van der Waals surface area contributed by atoms with Crippen LogP contribution in [0.25, 0.3) is 11.1 Å². The topological polar surface area (TPSA) is 118 Å². The van der Waals surface area contributed by atoms with Gasteiger partial charge in [0.15, 0.2) is 0 Å². The van der Waals surface area contributed by atoms with Crippen molar-refractivity contribution in [3.05, 3.63) is 76.2 Å². The molecule has 8 nitrogen and oxygen atoms in total. The Morgan fingerprint density at radius 1 is 1.03 bits per heavy atom. The highest BCUT2D eigenvalue weighted by Crippen LogP contribution is 2.44. The predicted octanol–water partition coefficient (Wildman–Crippen LogP) is 3.57. The third-order valence-electron chi connectivity index (χ3n) is 6.50. The number of rotatable bonds is 9. The van der Waals surface area contributed by atoms with E-state index in [2.05, 4.69) is 27.8 Å². The van der Waals surface area contributed by atoms with Crippen molar-refractivity contribution >= 4 is 29.3 Å². The van der Waals surface area contributed by atoms with Crippen molar-refractivity contribution in [2.24, 2.45) is 5.92 Å². The van der Waals surface area contributed by atoms with Crippen molar-refractivity contribution in [2.75, 3.05) is 6.61 Å². The molecule has 3 N–H and O–H groups in total. The molecule has 0 bridgehead atoms. The van der Waals surface area contributed by atoms with Crippen LogP contribution < -0.4 is 10.6 Å². The summed E-state index contributed by atoms with van der Waals surface area (Å²) in [5.74, 6) is -1.80. The van der Waals surface area contributed by atoms with E-state index in [0.717, 1.165) is 40.0 Å². The molecule has 1 aromatic heterocycles. The first-order valence-electron chi connectivity index (χ1n) is 11.5. The van der Waals surface area contributed by atoms with Gasteiger partial charge in [-0.1, -0.05) is 48.5 Å². The largest absolute Gasteiger partial charge is 0.480 e. The van der Waals surface area contributed by atoms with Crippen molar-refractivity contribution in [3.63, 3.8) is 0 Å². The van der Waals surface area contributed by atoms with Crippen LogP contribution in [0.3, 0.4) is 0 Å². The van der Waals surface area contributed by atoms with Crippen molar-refractivity contribution in [1.82, 2.24) is 15.6 Å². The Morgan fingerprint density at radius 2 is 1.69 bits per heavy atom. The molecule has 0 saturated heterocycles. The molecule has 2 amide bonds. The minimum Gasteiger partial charge on any atom is -0.480 e. The number of carbonyl (C=O) groups excluding carboxylic acids is 2. The van der Waals surface area contributed by atoms with Crippen molar-refractivity contribution in [1.29, 1.82) is 0 Å². The molecule has 3 aromatic rings. The molecule has 2 atom stereocenters. The molecule has 1 fully saturated rings. The smallest absolute Gasteiger partial charge is 0.407 e. The van der Waals surface area contributed by atoms with Crippen LogP contribution in [0.5, 0.6) is 0 Å². The van der Waals surface area contributed by atoms with Crippen LogP contribution in [-0.2, 0) is 20.7 Å². The number of nitrogens with zero attached hydrogens (tertiary/aromatic N) is 1. The molecule has 2 aromatic carbocycles. The number of carboxylic acids is 1. The first-order chi connectivity index (χ1) is 17.0. The number of benzene rings is 2. The third kappa shape index (κ3) is 5.05. The molecule has 1 heterocycles. The van der Waals surface area contributed by atoms with Crippen molar-refractivity contribution < 1.29 is 24.2 Å². The van der Waals surface area contributed by atoms with Gasteiger partial charge in [-0.05, 0) is 41.0 Å². The molecule has 180 valence electrons. The van der Waals surface area contributed by atoms with Crippen LogP contribution in [0, 0.1) is 5.92 Å².